The van der Waals surface area contributed by atoms with Gasteiger partial charge in [-0.05, 0) is 18.0 Å². The number of nitro groups is 2. The minimum absolute atomic E-state index is 0.245. The molecule has 0 amide bonds. The van der Waals surface area contributed by atoms with Gasteiger partial charge in [0.2, 0.25) is 0 Å². The van der Waals surface area contributed by atoms with Crippen LogP contribution in [0.2, 0.25) is 0 Å². The molecule has 8 nitrogen and oxygen atoms in total. The molecule has 0 radical (unpaired) electrons. The van der Waals surface area contributed by atoms with Gasteiger partial charge in [-0.3, -0.25) is 20.2 Å². The Labute approximate surface area is 112 Å². The second kappa shape index (κ2) is 5.95. The number of hydrogen-bond acceptors (Lipinski definition) is 7. The fourth-order valence-electron chi connectivity index (χ4n) is 1.62. The molecule has 1 heterocycles. The van der Waals surface area contributed by atoms with Gasteiger partial charge in [0.05, 0.1) is 29.1 Å². The minimum atomic E-state index is -0.643. The second-order valence-corrected chi connectivity index (χ2v) is 4.94. The summed E-state index contributed by atoms with van der Waals surface area (Å²) < 4.78 is 7.13. The first kappa shape index (κ1) is 13.7. The number of nitro benzene ring substituents is 2. The predicted octanol–water partition coefficient (Wildman–Crippen LogP) is 1.84. The zero-order chi connectivity index (χ0) is 13.8. The smallest absolute Gasteiger partial charge is 0.291 e. The first-order valence-corrected chi connectivity index (χ1v) is 6.29. The lowest BCUT2D eigenvalue weighted by molar-refractivity contribution is -0.396. The van der Waals surface area contributed by atoms with E-state index in [-0.39, 0.29) is 11.4 Å². The van der Waals surface area contributed by atoms with Crippen LogP contribution in [0.1, 0.15) is 0 Å². The van der Waals surface area contributed by atoms with E-state index in [9.17, 15) is 20.2 Å². The number of hydrogen-bond donors (Lipinski definition) is 0. The number of non-ortho nitro benzene ring substituents is 1. The summed E-state index contributed by atoms with van der Waals surface area (Å²) in [7, 11) is 0. The molecule has 2 rings (SSSR count). The molecule has 9 heteroatoms. The number of rotatable bonds is 4. The van der Waals surface area contributed by atoms with Gasteiger partial charge in [0.25, 0.3) is 11.4 Å². The Bertz CT molecular complexity index is 504. The Kier molecular flexibility index (Phi) is 4.30. The van der Waals surface area contributed by atoms with Crippen LogP contribution in [0.15, 0.2) is 23.1 Å². The number of nitrogens with zero attached hydrogens (tertiary/aromatic N) is 3. The van der Waals surface area contributed by atoms with Gasteiger partial charge in [-0.1, -0.05) is 0 Å². The molecule has 19 heavy (non-hydrogen) atoms. The third-order valence-electron chi connectivity index (χ3n) is 2.55. The molecule has 1 aromatic rings. The van der Waals surface area contributed by atoms with Crippen LogP contribution in [-0.4, -0.2) is 40.5 Å². The van der Waals surface area contributed by atoms with E-state index in [4.69, 9.17) is 4.74 Å². The minimum Gasteiger partial charge on any atom is -0.379 e. The zero-order valence-corrected chi connectivity index (χ0v) is 10.7. The third kappa shape index (κ3) is 3.40. The molecule has 0 spiro atoms. The molecule has 0 aliphatic carbocycles. The normalized spacial score (nSPS) is 16.2. The zero-order valence-electron chi connectivity index (χ0n) is 9.85. The molecule has 0 saturated carbocycles. The number of ether oxygens (including phenoxy) is 1. The maximum atomic E-state index is 11.0. The van der Waals surface area contributed by atoms with Crippen molar-refractivity contribution in [3.05, 3.63) is 38.4 Å². The lowest BCUT2D eigenvalue weighted by atomic mass is 10.3. The Morgan fingerprint density at radius 2 is 1.84 bits per heavy atom. The van der Waals surface area contributed by atoms with Gasteiger partial charge in [-0.25, -0.2) is 4.31 Å². The maximum Gasteiger partial charge on any atom is 0.291 e. The average Bonchev–Trinajstić information content (AvgIpc) is 2.39. The molecule has 0 bridgehead atoms. The topological polar surface area (TPSA) is 98.8 Å². The van der Waals surface area contributed by atoms with Crippen LogP contribution in [0.25, 0.3) is 0 Å². The van der Waals surface area contributed by atoms with E-state index in [1.807, 2.05) is 4.31 Å². The molecule has 0 unspecified atom stereocenters. The highest BCUT2D eigenvalue weighted by Crippen LogP contribution is 2.34. The summed E-state index contributed by atoms with van der Waals surface area (Å²) >= 11 is 1.23. The van der Waals surface area contributed by atoms with Gasteiger partial charge in [0.1, 0.15) is 4.90 Å². The highest BCUT2D eigenvalue weighted by molar-refractivity contribution is 7.97. The third-order valence-corrected chi connectivity index (χ3v) is 3.71. The fraction of sp³-hybridized carbons (Fsp3) is 0.400. The fourth-order valence-corrected chi connectivity index (χ4v) is 2.58. The van der Waals surface area contributed by atoms with E-state index in [1.54, 1.807) is 0 Å². The largest absolute Gasteiger partial charge is 0.379 e. The maximum absolute atomic E-state index is 11.0. The van der Waals surface area contributed by atoms with Gasteiger partial charge in [0, 0.05) is 19.2 Å². The lowest BCUT2D eigenvalue weighted by Crippen LogP contribution is -2.30. The first-order chi connectivity index (χ1) is 9.08. The molecule has 1 aliphatic rings. The molecule has 1 fully saturated rings. The quantitative estimate of drug-likeness (QED) is 0.472. The van der Waals surface area contributed by atoms with Crippen molar-refractivity contribution in [1.82, 2.24) is 4.31 Å². The molecule has 0 aromatic heterocycles. The van der Waals surface area contributed by atoms with Gasteiger partial charge >= 0.3 is 0 Å². The van der Waals surface area contributed by atoms with Crippen LogP contribution in [0.3, 0.4) is 0 Å². The average molecular weight is 285 g/mol. The number of benzene rings is 1. The summed E-state index contributed by atoms with van der Waals surface area (Å²) in [5, 5.41) is 21.6. The van der Waals surface area contributed by atoms with Crippen molar-refractivity contribution in [1.29, 1.82) is 0 Å². The molecular weight excluding hydrogens is 274 g/mol. The van der Waals surface area contributed by atoms with Gasteiger partial charge in [-0.15, -0.1) is 0 Å². The van der Waals surface area contributed by atoms with Crippen LogP contribution in [0.4, 0.5) is 11.4 Å². The summed E-state index contributed by atoms with van der Waals surface area (Å²) in [6.07, 6.45) is 0. The summed E-state index contributed by atoms with van der Waals surface area (Å²) in [5.41, 5.74) is -0.524. The molecular formula is C10H11N3O5S. The molecule has 0 N–H and O–H groups in total. The van der Waals surface area contributed by atoms with Crippen LogP contribution in [0.5, 0.6) is 0 Å². The van der Waals surface area contributed by atoms with Gasteiger partial charge < -0.3 is 4.74 Å². The Morgan fingerprint density at radius 3 is 2.42 bits per heavy atom. The molecule has 1 aliphatic heterocycles. The van der Waals surface area contributed by atoms with Crippen molar-refractivity contribution in [3.63, 3.8) is 0 Å². The van der Waals surface area contributed by atoms with Gasteiger partial charge in [0.15, 0.2) is 0 Å². The SMILES string of the molecule is O=[N+]([O-])c1ccc(SN2CCOCC2)c([N+](=O)[O-])c1. The van der Waals surface area contributed by atoms with Crippen LogP contribution in [0, 0.1) is 20.2 Å². The molecule has 0 atom stereocenters. The molecule has 1 saturated heterocycles. The van der Waals surface area contributed by atoms with Crippen molar-refractivity contribution in [2.45, 2.75) is 4.90 Å². The summed E-state index contributed by atoms with van der Waals surface area (Å²) in [4.78, 5) is 20.7. The first-order valence-electron chi connectivity index (χ1n) is 5.51. The van der Waals surface area contributed by atoms with Crippen molar-refractivity contribution in [3.8, 4) is 0 Å². The number of morpholine rings is 1. The molecule has 102 valence electrons. The summed E-state index contributed by atoms with van der Waals surface area (Å²) in [6.45, 7) is 2.49. The Morgan fingerprint density at radius 1 is 1.16 bits per heavy atom. The van der Waals surface area contributed by atoms with Crippen LogP contribution >= 0.6 is 11.9 Å². The predicted molar refractivity (Wildman–Crippen MR) is 68.0 cm³/mol. The van der Waals surface area contributed by atoms with Crippen molar-refractivity contribution >= 4 is 23.3 Å². The van der Waals surface area contributed by atoms with E-state index in [0.29, 0.717) is 31.2 Å². The van der Waals surface area contributed by atoms with Crippen molar-refractivity contribution in [2.75, 3.05) is 26.3 Å². The van der Waals surface area contributed by atoms with E-state index < -0.39 is 9.85 Å². The van der Waals surface area contributed by atoms with Crippen molar-refractivity contribution in [2.24, 2.45) is 0 Å². The van der Waals surface area contributed by atoms with E-state index in [0.717, 1.165) is 6.07 Å². The second-order valence-electron chi connectivity index (χ2n) is 3.80. The van der Waals surface area contributed by atoms with E-state index in [1.165, 1.54) is 24.1 Å². The van der Waals surface area contributed by atoms with Crippen molar-refractivity contribution < 1.29 is 14.6 Å². The van der Waals surface area contributed by atoms with E-state index >= 15 is 0 Å². The standard InChI is InChI=1S/C10H11N3O5S/c14-12(15)8-1-2-10(9(7-8)13(16)17)19-11-3-5-18-6-4-11/h1-2,7H,3-6H2. The monoisotopic (exact) mass is 285 g/mol. The lowest BCUT2D eigenvalue weighted by Gasteiger charge is -2.24. The van der Waals surface area contributed by atoms with Crippen LogP contribution < -0.4 is 0 Å². The van der Waals surface area contributed by atoms with E-state index in [2.05, 4.69) is 0 Å². The summed E-state index contributed by atoms with van der Waals surface area (Å²) in [6, 6.07) is 3.68. The Hall–Kier alpha value is -1.71. The molecule has 1 aromatic carbocycles. The van der Waals surface area contributed by atoms with Gasteiger partial charge in [-0.2, -0.15) is 0 Å². The summed E-state index contributed by atoms with van der Waals surface area (Å²) in [5.74, 6) is 0. The highest BCUT2D eigenvalue weighted by Gasteiger charge is 2.22. The highest BCUT2D eigenvalue weighted by atomic mass is 32.2. The van der Waals surface area contributed by atoms with Crippen LogP contribution in [-0.2, 0) is 4.74 Å². The Balaban J connectivity index is 2.23.